The van der Waals surface area contributed by atoms with Gasteiger partial charge in [0.15, 0.2) is 11.5 Å². The number of hydrogen-bond donors (Lipinski definition) is 1. The molecule has 0 unspecified atom stereocenters. The molecule has 0 saturated heterocycles. The number of halogens is 1. The normalized spacial score (nSPS) is 16.0. The minimum Gasteiger partial charge on any atom is -0.467 e. The van der Waals surface area contributed by atoms with E-state index in [1.807, 2.05) is 23.1 Å². The second-order valence-corrected chi connectivity index (χ2v) is 6.92. The molecule has 0 bridgehead atoms. The molecule has 0 atom stereocenters. The van der Waals surface area contributed by atoms with Crippen LogP contribution in [0.3, 0.4) is 0 Å². The molecule has 1 fully saturated rings. The van der Waals surface area contributed by atoms with Crippen LogP contribution >= 0.6 is 12.4 Å². The van der Waals surface area contributed by atoms with Crippen molar-refractivity contribution in [2.24, 2.45) is 5.73 Å². The highest BCUT2D eigenvalue weighted by Gasteiger charge is 2.28. The monoisotopic (exact) mass is 392 g/mol. The first-order valence-electron chi connectivity index (χ1n) is 9.21. The number of ether oxygens (including phenoxy) is 2. The Morgan fingerprint density at radius 2 is 1.89 bits per heavy atom. The summed E-state index contributed by atoms with van der Waals surface area (Å²) in [6.45, 7) is 1.09. The van der Waals surface area contributed by atoms with Crippen LogP contribution in [0.25, 0.3) is 0 Å². The van der Waals surface area contributed by atoms with Crippen molar-refractivity contribution in [3.05, 3.63) is 47.4 Å². The first-order chi connectivity index (χ1) is 12.7. The molecular formula is C20H25ClN2O4. The van der Waals surface area contributed by atoms with E-state index >= 15 is 0 Å². The molecule has 2 aliphatic rings. The van der Waals surface area contributed by atoms with Crippen LogP contribution in [0.5, 0.6) is 11.5 Å². The van der Waals surface area contributed by atoms with Gasteiger partial charge in [-0.15, -0.1) is 12.4 Å². The molecule has 0 radical (unpaired) electrons. The third-order valence-electron chi connectivity index (χ3n) is 5.17. The summed E-state index contributed by atoms with van der Waals surface area (Å²) in [7, 11) is 0. The summed E-state index contributed by atoms with van der Waals surface area (Å²) in [5, 5.41) is 0. The number of fused-ring (bicyclic) bond motifs is 1. The standard InChI is InChI=1S/C20H24N2O4.ClH/c21-10-17-9-15(12-24-17)20(23)22(16-4-2-1-3-5-16)11-14-6-7-18-19(8-14)26-13-25-18;/h6-9,12,16H,1-5,10-11,13,21H2;1H. The molecular weight excluding hydrogens is 368 g/mol. The molecule has 4 rings (SSSR count). The van der Waals surface area contributed by atoms with Gasteiger partial charge in [-0.2, -0.15) is 0 Å². The van der Waals surface area contributed by atoms with E-state index in [-0.39, 0.29) is 31.1 Å². The zero-order valence-electron chi connectivity index (χ0n) is 15.2. The van der Waals surface area contributed by atoms with Crippen LogP contribution in [0, 0.1) is 0 Å². The fraction of sp³-hybridized carbons (Fsp3) is 0.450. The molecule has 1 aliphatic carbocycles. The Morgan fingerprint density at radius 3 is 2.63 bits per heavy atom. The molecule has 1 aliphatic heterocycles. The van der Waals surface area contributed by atoms with Crippen molar-refractivity contribution >= 4 is 18.3 Å². The maximum atomic E-state index is 13.2. The van der Waals surface area contributed by atoms with Crippen molar-refractivity contribution in [1.29, 1.82) is 0 Å². The molecule has 0 spiro atoms. The minimum absolute atomic E-state index is 0. The van der Waals surface area contributed by atoms with Crippen molar-refractivity contribution in [3.8, 4) is 11.5 Å². The molecule has 1 aromatic carbocycles. The lowest BCUT2D eigenvalue weighted by Gasteiger charge is -2.34. The number of furan rings is 1. The van der Waals surface area contributed by atoms with Gasteiger partial charge < -0.3 is 24.5 Å². The van der Waals surface area contributed by atoms with Crippen LogP contribution in [-0.2, 0) is 13.1 Å². The fourth-order valence-electron chi connectivity index (χ4n) is 3.76. The average molecular weight is 393 g/mol. The summed E-state index contributed by atoms with van der Waals surface area (Å²) in [5.74, 6) is 2.12. The smallest absolute Gasteiger partial charge is 0.257 e. The van der Waals surface area contributed by atoms with Crippen molar-refractivity contribution in [2.45, 2.75) is 51.2 Å². The summed E-state index contributed by atoms with van der Waals surface area (Å²) in [6.07, 6.45) is 7.16. The molecule has 1 amide bonds. The Labute approximate surface area is 165 Å². The van der Waals surface area contributed by atoms with Gasteiger partial charge in [-0.1, -0.05) is 25.3 Å². The summed E-state index contributed by atoms with van der Waals surface area (Å²) in [4.78, 5) is 15.2. The average Bonchev–Trinajstić information content (AvgIpc) is 3.35. The summed E-state index contributed by atoms with van der Waals surface area (Å²) >= 11 is 0. The van der Waals surface area contributed by atoms with Gasteiger partial charge in [-0.25, -0.2) is 0 Å². The van der Waals surface area contributed by atoms with Crippen LogP contribution in [-0.4, -0.2) is 23.6 Å². The Balaban J connectivity index is 0.00000210. The van der Waals surface area contributed by atoms with E-state index in [0.29, 0.717) is 24.4 Å². The molecule has 2 aromatic rings. The number of nitrogens with zero attached hydrogens (tertiary/aromatic N) is 1. The lowest BCUT2D eigenvalue weighted by molar-refractivity contribution is 0.0613. The zero-order chi connectivity index (χ0) is 17.9. The summed E-state index contributed by atoms with van der Waals surface area (Å²) in [5.41, 5.74) is 7.22. The minimum atomic E-state index is -0.00184. The lowest BCUT2D eigenvalue weighted by atomic mass is 9.93. The van der Waals surface area contributed by atoms with Gasteiger partial charge in [0.2, 0.25) is 6.79 Å². The molecule has 2 heterocycles. The number of nitrogens with two attached hydrogens (primary N) is 1. The third-order valence-corrected chi connectivity index (χ3v) is 5.17. The van der Waals surface area contributed by atoms with Gasteiger partial charge in [0, 0.05) is 12.6 Å². The largest absolute Gasteiger partial charge is 0.467 e. The zero-order valence-corrected chi connectivity index (χ0v) is 16.0. The van der Waals surface area contributed by atoms with Crippen LogP contribution in [0.4, 0.5) is 0 Å². The molecule has 27 heavy (non-hydrogen) atoms. The maximum Gasteiger partial charge on any atom is 0.257 e. The number of amides is 1. The quantitative estimate of drug-likeness (QED) is 0.835. The summed E-state index contributed by atoms with van der Waals surface area (Å²) in [6, 6.07) is 7.87. The third kappa shape index (κ3) is 4.22. The molecule has 1 aromatic heterocycles. The predicted molar refractivity (Wildman–Crippen MR) is 103 cm³/mol. The van der Waals surface area contributed by atoms with Gasteiger partial charge in [0.25, 0.3) is 5.91 Å². The summed E-state index contributed by atoms with van der Waals surface area (Å²) < 4.78 is 16.2. The van der Waals surface area contributed by atoms with E-state index in [4.69, 9.17) is 19.6 Å². The number of carbonyl (C=O) groups is 1. The van der Waals surface area contributed by atoms with Crippen LogP contribution < -0.4 is 15.2 Å². The van der Waals surface area contributed by atoms with Gasteiger partial charge >= 0.3 is 0 Å². The number of carbonyl (C=O) groups excluding carboxylic acids is 1. The molecule has 146 valence electrons. The molecule has 1 saturated carbocycles. The maximum absolute atomic E-state index is 13.2. The molecule has 2 N–H and O–H groups in total. The van der Waals surface area contributed by atoms with E-state index < -0.39 is 0 Å². The molecule has 7 heteroatoms. The van der Waals surface area contributed by atoms with Crippen molar-refractivity contribution < 1.29 is 18.7 Å². The van der Waals surface area contributed by atoms with Gasteiger partial charge in [0.05, 0.1) is 12.1 Å². The first-order valence-corrected chi connectivity index (χ1v) is 9.21. The SMILES string of the molecule is Cl.NCc1cc(C(=O)N(Cc2ccc3c(c2)OCO3)C2CCCCC2)co1. The van der Waals surface area contributed by atoms with Gasteiger partial charge in [-0.3, -0.25) is 4.79 Å². The van der Waals surface area contributed by atoms with Crippen molar-refractivity contribution in [1.82, 2.24) is 4.90 Å². The number of rotatable bonds is 5. The Morgan fingerprint density at radius 1 is 1.11 bits per heavy atom. The second-order valence-electron chi connectivity index (χ2n) is 6.92. The molecule has 6 nitrogen and oxygen atoms in total. The Hall–Kier alpha value is -2.18. The van der Waals surface area contributed by atoms with Gasteiger partial charge in [-0.05, 0) is 36.6 Å². The fourth-order valence-corrected chi connectivity index (χ4v) is 3.76. The van der Waals surface area contributed by atoms with E-state index in [1.54, 1.807) is 6.07 Å². The topological polar surface area (TPSA) is 77.9 Å². The van der Waals surface area contributed by atoms with Crippen molar-refractivity contribution in [3.63, 3.8) is 0 Å². The van der Waals surface area contributed by atoms with E-state index in [2.05, 4.69) is 0 Å². The van der Waals surface area contributed by atoms with Gasteiger partial charge in [0.1, 0.15) is 12.0 Å². The first kappa shape index (κ1) is 19.6. The Bertz CT molecular complexity index is 786. The second kappa shape index (κ2) is 8.67. The van der Waals surface area contributed by atoms with Crippen molar-refractivity contribution in [2.75, 3.05) is 6.79 Å². The van der Waals surface area contributed by atoms with E-state index in [0.717, 1.165) is 42.7 Å². The highest BCUT2D eigenvalue weighted by atomic mass is 35.5. The highest BCUT2D eigenvalue weighted by molar-refractivity contribution is 5.94. The Kier molecular flexibility index (Phi) is 6.29. The predicted octanol–water partition coefficient (Wildman–Crippen LogP) is 3.86. The highest BCUT2D eigenvalue weighted by Crippen LogP contribution is 2.34. The van der Waals surface area contributed by atoms with Crippen LogP contribution in [0.15, 0.2) is 34.9 Å². The lowest BCUT2D eigenvalue weighted by Crippen LogP contribution is -2.40. The number of benzene rings is 1. The number of hydrogen-bond acceptors (Lipinski definition) is 5. The van der Waals surface area contributed by atoms with E-state index in [9.17, 15) is 4.79 Å². The van der Waals surface area contributed by atoms with E-state index in [1.165, 1.54) is 12.7 Å². The van der Waals surface area contributed by atoms with Crippen LogP contribution in [0.2, 0.25) is 0 Å². The van der Waals surface area contributed by atoms with Crippen LogP contribution in [0.1, 0.15) is 53.8 Å².